The van der Waals surface area contributed by atoms with E-state index < -0.39 is 0 Å². The lowest BCUT2D eigenvalue weighted by Gasteiger charge is -2.15. The molecule has 0 fully saturated rings. The monoisotopic (exact) mass is 251 g/mol. The quantitative estimate of drug-likeness (QED) is 0.708. The summed E-state index contributed by atoms with van der Waals surface area (Å²) in [4.78, 5) is 0. The normalized spacial score (nSPS) is 12.6. The third-order valence-corrected chi connectivity index (χ3v) is 3.94. The first kappa shape index (κ1) is 14.6. The van der Waals surface area contributed by atoms with Crippen molar-refractivity contribution in [3.05, 3.63) is 35.4 Å². The zero-order valence-corrected chi connectivity index (χ0v) is 12.1. The molecule has 0 saturated heterocycles. The molecule has 1 atom stereocenters. The van der Waals surface area contributed by atoms with Crippen LogP contribution in [0.1, 0.15) is 31.4 Å². The van der Waals surface area contributed by atoms with Crippen LogP contribution in [0.3, 0.4) is 0 Å². The Balaban J connectivity index is 2.21. The predicted octanol–water partition coefficient (Wildman–Crippen LogP) is 3.66. The van der Waals surface area contributed by atoms with Gasteiger partial charge in [-0.15, -0.1) is 0 Å². The van der Waals surface area contributed by atoms with Gasteiger partial charge in [0.25, 0.3) is 0 Å². The lowest BCUT2D eigenvalue weighted by molar-refractivity contribution is 0.544. The zero-order chi connectivity index (χ0) is 12.5. The first-order chi connectivity index (χ1) is 8.24. The Morgan fingerprint density at radius 1 is 1.29 bits per heavy atom. The molecule has 0 aliphatic rings. The van der Waals surface area contributed by atoms with Crippen molar-refractivity contribution in [2.24, 2.45) is 0 Å². The van der Waals surface area contributed by atoms with Crippen LogP contribution in [0.2, 0.25) is 0 Å². The summed E-state index contributed by atoms with van der Waals surface area (Å²) in [5.74, 6) is 2.51. The second kappa shape index (κ2) is 8.60. The van der Waals surface area contributed by atoms with Crippen molar-refractivity contribution in [2.75, 3.05) is 18.1 Å². The Bertz CT molecular complexity index is 312. The van der Waals surface area contributed by atoms with Crippen molar-refractivity contribution >= 4 is 11.8 Å². The van der Waals surface area contributed by atoms with E-state index in [1.165, 1.54) is 29.1 Å². The molecular formula is C15H25NS. The number of benzene rings is 1. The van der Waals surface area contributed by atoms with Crippen LogP contribution in [0.4, 0.5) is 0 Å². The zero-order valence-electron chi connectivity index (χ0n) is 11.3. The minimum atomic E-state index is 0.572. The Kier molecular flexibility index (Phi) is 7.38. The maximum absolute atomic E-state index is 3.60. The molecule has 1 nitrogen and oxygen atoms in total. The molecule has 1 aromatic carbocycles. The van der Waals surface area contributed by atoms with Crippen LogP contribution >= 0.6 is 11.8 Å². The third kappa shape index (κ3) is 6.13. The molecule has 96 valence electrons. The molecule has 0 aliphatic carbocycles. The second-order valence-corrected chi connectivity index (χ2v) is 5.93. The SMILES string of the molecule is CCSCCCNC(C)Cc1ccccc1C. The molecular weight excluding hydrogens is 226 g/mol. The summed E-state index contributed by atoms with van der Waals surface area (Å²) in [6.07, 6.45) is 2.41. The average Bonchev–Trinajstić information content (AvgIpc) is 2.32. The molecule has 1 N–H and O–H groups in total. The maximum Gasteiger partial charge on any atom is 0.00792 e. The fourth-order valence-corrected chi connectivity index (χ4v) is 2.55. The Hall–Kier alpha value is -0.470. The van der Waals surface area contributed by atoms with Crippen LogP contribution < -0.4 is 5.32 Å². The molecule has 0 saturated carbocycles. The molecule has 0 spiro atoms. The van der Waals surface area contributed by atoms with Crippen LogP contribution in [-0.4, -0.2) is 24.1 Å². The number of thioether (sulfide) groups is 1. The molecule has 1 aromatic rings. The summed E-state index contributed by atoms with van der Waals surface area (Å²) in [7, 11) is 0. The van der Waals surface area contributed by atoms with E-state index in [-0.39, 0.29) is 0 Å². The van der Waals surface area contributed by atoms with Crippen LogP contribution in [0, 0.1) is 6.92 Å². The molecule has 17 heavy (non-hydrogen) atoms. The highest BCUT2D eigenvalue weighted by molar-refractivity contribution is 7.99. The van der Waals surface area contributed by atoms with E-state index in [1.54, 1.807) is 0 Å². The number of rotatable bonds is 8. The first-order valence-electron chi connectivity index (χ1n) is 6.59. The number of hydrogen-bond acceptors (Lipinski definition) is 2. The molecule has 0 radical (unpaired) electrons. The molecule has 1 unspecified atom stereocenters. The Labute approximate surface area is 110 Å². The van der Waals surface area contributed by atoms with Gasteiger partial charge < -0.3 is 5.32 Å². The van der Waals surface area contributed by atoms with E-state index in [0.29, 0.717) is 6.04 Å². The van der Waals surface area contributed by atoms with Crippen molar-refractivity contribution in [1.82, 2.24) is 5.32 Å². The van der Waals surface area contributed by atoms with Gasteiger partial charge >= 0.3 is 0 Å². The van der Waals surface area contributed by atoms with Crippen LogP contribution in [-0.2, 0) is 6.42 Å². The van der Waals surface area contributed by atoms with Gasteiger partial charge in [-0.05, 0) is 55.9 Å². The van der Waals surface area contributed by atoms with Crippen LogP contribution in [0.5, 0.6) is 0 Å². The molecule has 1 rings (SSSR count). The van der Waals surface area contributed by atoms with Crippen LogP contribution in [0.15, 0.2) is 24.3 Å². The van der Waals surface area contributed by atoms with Gasteiger partial charge in [0.05, 0.1) is 0 Å². The average molecular weight is 251 g/mol. The number of nitrogens with one attached hydrogen (secondary N) is 1. The molecule has 0 aliphatic heterocycles. The fourth-order valence-electron chi connectivity index (χ4n) is 1.91. The largest absolute Gasteiger partial charge is 0.314 e. The predicted molar refractivity (Wildman–Crippen MR) is 80.0 cm³/mol. The first-order valence-corrected chi connectivity index (χ1v) is 7.75. The van der Waals surface area contributed by atoms with E-state index in [1.807, 2.05) is 11.8 Å². The lowest BCUT2D eigenvalue weighted by Crippen LogP contribution is -2.29. The van der Waals surface area contributed by atoms with Crippen molar-refractivity contribution in [3.8, 4) is 0 Å². The maximum atomic E-state index is 3.60. The van der Waals surface area contributed by atoms with Gasteiger partial charge in [0, 0.05) is 6.04 Å². The topological polar surface area (TPSA) is 12.0 Å². The van der Waals surface area contributed by atoms with Crippen molar-refractivity contribution < 1.29 is 0 Å². The van der Waals surface area contributed by atoms with Gasteiger partial charge in [-0.1, -0.05) is 31.2 Å². The second-order valence-electron chi connectivity index (χ2n) is 4.54. The fraction of sp³-hybridized carbons (Fsp3) is 0.600. The minimum Gasteiger partial charge on any atom is -0.314 e. The van der Waals surface area contributed by atoms with Gasteiger partial charge in [0.1, 0.15) is 0 Å². The van der Waals surface area contributed by atoms with E-state index in [2.05, 4.69) is 50.4 Å². The smallest absolute Gasteiger partial charge is 0.00792 e. The van der Waals surface area contributed by atoms with Gasteiger partial charge in [0.15, 0.2) is 0 Å². The van der Waals surface area contributed by atoms with Gasteiger partial charge in [-0.3, -0.25) is 0 Å². The Morgan fingerprint density at radius 2 is 2.06 bits per heavy atom. The summed E-state index contributed by atoms with van der Waals surface area (Å²) in [5.41, 5.74) is 2.87. The standard InChI is InChI=1S/C15H25NS/c1-4-17-11-7-10-16-14(3)12-15-9-6-5-8-13(15)2/h5-6,8-9,14,16H,4,7,10-12H2,1-3H3. The van der Waals surface area contributed by atoms with Gasteiger partial charge in [0.2, 0.25) is 0 Å². The third-order valence-electron chi connectivity index (χ3n) is 2.95. The molecule has 0 amide bonds. The Morgan fingerprint density at radius 3 is 2.76 bits per heavy atom. The number of hydrogen-bond donors (Lipinski definition) is 1. The summed E-state index contributed by atoms with van der Waals surface area (Å²) in [5, 5.41) is 3.60. The van der Waals surface area contributed by atoms with Crippen LogP contribution in [0.25, 0.3) is 0 Å². The number of aryl methyl sites for hydroxylation is 1. The molecule has 2 heteroatoms. The van der Waals surface area contributed by atoms with E-state index >= 15 is 0 Å². The summed E-state index contributed by atoms with van der Waals surface area (Å²) in [6, 6.07) is 9.24. The highest BCUT2D eigenvalue weighted by atomic mass is 32.2. The van der Waals surface area contributed by atoms with Gasteiger partial charge in [-0.2, -0.15) is 11.8 Å². The summed E-state index contributed by atoms with van der Waals surface area (Å²) < 4.78 is 0. The van der Waals surface area contributed by atoms with Crippen molar-refractivity contribution in [2.45, 2.75) is 39.7 Å². The molecule has 0 aromatic heterocycles. The van der Waals surface area contributed by atoms with E-state index in [0.717, 1.165) is 13.0 Å². The molecule has 0 heterocycles. The van der Waals surface area contributed by atoms with E-state index in [4.69, 9.17) is 0 Å². The minimum absolute atomic E-state index is 0.572. The highest BCUT2D eigenvalue weighted by Crippen LogP contribution is 2.09. The molecule has 0 bridgehead atoms. The van der Waals surface area contributed by atoms with Crippen molar-refractivity contribution in [1.29, 1.82) is 0 Å². The summed E-state index contributed by atoms with van der Waals surface area (Å²) >= 11 is 2.03. The van der Waals surface area contributed by atoms with Gasteiger partial charge in [-0.25, -0.2) is 0 Å². The lowest BCUT2D eigenvalue weighted by atomic mass is 10.0. The highest BCUT2D eigenvalue weighted by Gasteiger charge is 2.04. The van der Waals surface area contributed by atoms with E-state index in [9.17, 15) is 0 Å². The van der Waals surface area contributed by atoms with Crippen molar-refractivity contribution in [3.63, 3.8) is 0 Å². The summed E-state index contributed by atoms with van der Waals surface area (Å²) in [6.45, 7) is 7.83.